The first kappa shape index (κ1) is 29.5. The van der Waals surface area contributed by atoms with Gasteiger partial charge in [-0.25, -0.2) is 4.98 Å². The lowest BCUT2D eigenvalue weighted by Gasteiger charge is -2.39. The molecule has 43 heavy (non-hydrogen) atoms. The average Bonchev–Trinajstić information content (AvgIpc) is 3.52. The molecule has 10 heteroatoms. The molecule has 0 aliphatic carbocycles. The van der Waals surface area contributed by atoms with Crippen LogP contribution >= 0.6 is 11.3 Å². The van der Waals surface area contributed by atoms with E-state index in [-0.39, 0.29) is 17.6 Å². The molecule has 0 bridgehead atoms. The summed E-state index contributed by atoms with van der Waals surface area (Å²) in [6, 6.07) is 13.5. The zero-order valence-corrected chi connectivity index (χ0v) is 26.4. The van der Waals surface area contributed by atoms with Crippen LogP contribution in [0.2, 0.25) is 0 Å². The molecule has 9 nitrogen and oxygen atoms in total. The number of rotatable bonds is 6. The first-order valence-electron chi connectivity index (χ1n) is 14.8. The van der Waals surface area contributed by atoms with Crippen LogP contribution in [0.5, 0.6) is 0 Å². The molecule has 0 saturated carbocycles. The van der Waals surface area contributed by atoms with Gasteiger partial charge in [0.15, 0.2) is 0 Å². The van der Waals surface area contributed by atoms with Gasteiger partial charge in [-0.3, -0.25) is 4.79 Å². The van der Waals surface area contributed by atoms with Crippen molar-refractivity contribution in [3.63, 3.8) is 0 Å². The third kappa shape index (κ3) is 5.73. The normalized spacial score (nSPS) is 19.1. The number of aliphatic hydroxyl groups excluding tert-OH is 1. The molecule has 1 unspecified atom stereocenters. The van der Waals surface area contributed by atoms with E-state index >= 15 is 0 Å². The Hall–Kier alpha value is -3.54. The highest BCUT2D eigenvalue weighted by Gasteiger charge is 2.36. The highest BCUT2D eigenvalue weighted by Crippen LogP contribution is 2.45. The van der Waals surface area contributed by atoms with E-state index in [1.54, 1.807) is 30.6 Å². The largest absolute Gasteiger partial charge is 0.627 e. The van der Waals surface area contributed by atoms with Crippen LogP contribution in [0.1, 0.15) is 41.7 Å². The summed E-state index contributed by atoms with van der Waals surface area (Å²) in [5.74, 6) is 0.574. The van der Waals surface area contributed by atoms with Crippen LogP contribution < -0.4 is 20.4 Å². The fourth-order valence-electron chi connectivity index (χ4n) is 6.03. The highest BCUT2D eigenvalue weighted by atomic mass is 32.1. The number of nitrogens with zero attached hydrogens (tertiary/aromatic N) is 5. The van der Waals surface area contributed by atoms with Gasteiger partial charge in [0.05, 0.1) is 23.4 Å². The van der Waals surface area contributed by atoms with Gasteiger partial charge in [0.2, 0.25) is 0 Å². The van der Waals surface area contributed by atoms with Crippen LogP contribution in [0.25, 0.3) is 11.1 Å². The number of likely N-dealkylation sites (N-methyl/N-ethyl adjacent to an activating group) is 1. The summed E-state index contributed by atoms with van der Waals surface area (Å²) >= 11 is 1.72. The van der Waals surface area contributed by atoms with E-state index in [4.69, 9.17) is 0 Å². The molecular weight excluding hydrogens is 560 g/mol. The van der Waals surface area contributed by atoms with Crippen molar-refractivity contribution in [3.05, 3.63) is 91.3 Å². The van der Waals surface area contributed by atoms with Crippen molar-refractivity contribution >= 4 is 34.2 Å². The Labute approximate surface area is 256 Å². The van der Waals surface area contributed by atoms with Gasteiger partial charge in [0.25, 0.3) is 5.56 Å². The van der Waals surface area contributed by atoms with E-state index in [1.807, 2.05) is 36.5 Å². The molecule has 1 fully saturated rings. The maximum atomic E-state index is 14.3. The predicted molar refractivity (Wildman–Crippen MR) is 176 cm³/mol. The fraction of sp³-hybridized carbons (Fsp3) is 0.394. The number of quaternary nitrogens is 1. The summed E-state index contributed by atoms with van der Waals surface area (Å²) in [4.78, 5) is 24.8. The molecular formula is C33H40N6O3S. The van der Waals surface area contributed by atoms with Crippen molar-refractivity contribution < 1.29 is 5.11 Å². The van der Waals surface area contributed by atoms with Crippen LogP contribution in [0.15, 0.2) is 59.7 Å². The Morgan fingerprint density at radius 1 is 1.07 bits per heavy atom. The average molecular weight is 601 g/mol. The molecule has 2 N–H and O–H groups in total. The number of hydrogen-bond donors (Lipinski definition) is 2. The zero-order valence-electron chi connectivity index (χ0n) is 25.6. The number of aromatic nitrogens is 2. The van der Waals surface area contributed by atoms with Gasteiger partial charge in [-0.1, -0.05) is 32.9 Å². The minimum atomic E-state index is -0.532. The predicted octanol–water partition coefficient (Wildman–Crippen LogP) is 5.31. The third-order valence-electron chi connectivity index (χ3n) is 8.58. The molecule has 0 amide bonds. The summed E-state index contributed by atoms with van der Waals surface area (Å²) < 4.78 is 0.989. The zero-order chi connectivity index (χ0) is 30.5. The maximum Gasteiger partial charge on any atom is 0.274 e. The molecule has 1 saturated heterocycles. The monoisotopic (exact) mass is 600 g/mol. The van der Waals surface area contributed by atoms with Gasteiger partial charge in [-0.05, 0) is 48.4 Å². The van der Waals surface area contributed by atoms with Gasteiger partial charge < -0.3 is 34.6 Å². The van der Waals surface area contributed by atoms with Crippen molar-refractivity contribution in [2.45, 2.75) is 45.9 Å². The number of pyridine rings is 2. The lowest BCUT2D eigenvalue weighted by atomic mass is 9.94. The van der Waals surface area contributed by atoms with Crippen molar-refractivity contribution in [3.8, 4) is 11.1 Å². The van der Waals surface area contributed by atoms with E-state index in [1.165, 1.54) is 9.44 Å². The number of aliphatic hydroxyl groups is 1. The summed E-state index contributed by atoms with van der Waals surface area (Å²) in [6.45, 7) is 10.9. The van der Waals surface area contributed by atoms with Crippen LogP contribution in [0.4, 0.5) is 22.9 Å². The quantitative estimate of drug-likeness (QED) is 0.229. The van der Waals surface area contributed by atoms with E-state index < -0.39 is 4.65 Å². The number of aryl methyl sites for hydroxylation is 1. The summed E-state index contributed by atoms with van der Waals surface area (Å²) in [5, 5.41) is 28.1. The van der Waals surface area contributed by atoms with Crippen LogP contribution in [0.3, 0.4) is 0 Å². The van der Waals surface area contributed by atoms with Gasteiger partial charge in [-0.2, -0.15) is 0 Å². The minimum Gasteiger partial charge on any atom is -0.627 e. The van der Waals surface area contributed by atoms with E-state index in [2.05, 4.69) is 54.0 Å². The van der Waals surface area contributed by atoms with Crippen molar-refractivity contribution in [2.24, 2.45) is 7.05 Å². The number of fused-ring (bicyclic) bond motifs is 1. The molecule has 5 heterocycles. The molecule has 2 aliphatic heterocycles. The van der Waals surface area contributed by atoms with Crippen molar-refractivity contribution in [1.82, 2.24) is 19.1 Å². The number of piperazine rings is 1. The lowest BCUT2D eigenvalue weighted by molar-refractivity contribution is 0.276. The first-order valence-corrected chi connectivity index (χ1v) is 15.6. The minimum absolute atomic E-state index is 0.0425. The number of hydroxylamine groups is 2. The van der Waals surface area contributed by atoms with E-state index in [9.17, 15) is 15.1 Å². The second kappa shape index (κ2) is 11.2. The molecule has 226 valence electrons. The number of hydrogen-bond acceptors (Lipinski definition) is 8. The van der Waals surface area contributed by atoms with E-state index in [0.29, 0.717) is 35.8 Å². The van der Waals surface area contributed by atoms with Gasteiger partial charge in [0, 0.05) is 61.0 Å². The van der Waals surface area contributed by atoms with Gasteiger partial charge >= 0.3 is 0 Å². The Kier molecular flexibility index (Phi) is 7.68. The molecule has 0 spiro atoms. The van der Waals surface area contributed by atoms with Gasteiger partial charge in [-0.15, -0.1) is 11.3 Å². The Balaban J connectivity index is 1.29. The van der Waals surface area contributed by atoms with Crippen LogP contribution in [0, 0.1) is 5.21 Å². The summed E-state index contributed by atoms with van der Waals surface area (Å²) in [5.41, 5.74) is 4.99. The third-order valence-corrected chi connectivity index (χ3v) is 10.2. The first-order chi connectivity index (χ1) is 20.4. The molecule has 2 aliphatic rings. The summed E-state index contributed by atoms with van der Waals surface area (Å²) in [6.07, 6.45) is 3.59. The maximum absolute atomic E-state index is 14.3. The molecule has 1 atom stereocenters. The Morgan fingerprint density at radius 3 is 2.49 bits per heavy atom. The van der Waals surface area contributed by atoms with Crippen molar-refractivity contribution in [1.29, 1.82) is 0 Å². The second-order valence-electron chi connectivity index (χ2n) is 12.9. The molecule has 6 rings (SSSR count). The smallest absolute Gasteiger partial charge is 0.274 e. The van der Waals surface area contributed by atoms with Gasteiger partial charge in [0.1, 0.15) is 30.3 Å². The molecule has 4 aromatic rings. The van der Waals surface area contributed by atoms with Crippen LogP contribution in [-0.2, 0) is 32.2 Å². The highest BCUT2D eigenvalue weighted by molar-refractivity contribution is 7.12. The number of thiophene rings is 1. The molecule has 3 aromatic heterocycles. The molecule has 0 radical (unpaired) electrons. The van der Waals surface area contributed by atoms with Crippen molar-refractivity contribution in [2.75, 3.05) is 43.4 Å². The SMILES string of the molecule is CN1CCN(c2ccc(Nc3cc(-c4cccc([N+]5([O-])Cc6cc(C(C)(C)C)sc6C5)c4CO)cn(C)c3=O)nc2)CC1. The number of benzene rings is 1. The number of nitrogens with one attached hydrogen (secondary N) is 1. The van der Waals surface area contributed by atoms with E-state index in [0.717, 1.165) is 53.4 Å². The summed E-state index contributed by atoms with van der Waals surface area (Å²) in [7, 11) is 3.84. The number of anilines is 3. The molecule has 1 aromatic carbocycles. The standard InChI is InChI=1S/C33H40N6O3S/c1-33(2,3)30-16-23-19-39(42,20-29(23)43-30)28-8-6-7-25(26(28)21-40)22-15-27(32(41)37(5)18-22)35-31-10-9-24(17-34-31)38-13-11-36(4)12-14-38/h6-10,15-18,40H,11-14,19-21H2,1-5H3,(H,34,35). The fourth-order valence-corrected chi connectivity index (χ4v) is 7.33. The van der Waals surface area contributed by atoms with Crippen LogP contribution in [-0.4, -0.2) is 52.8 Å². The Morgan fingerprint density at radius 2 is 1.84 bits per heavy atom. The lowest BCUT2D eigenvalue weighted by Crippen LogP contribution is -2.44. The second-order valence-corrected chi connectivity index (χ2v) is 14.0. The Bertz CT molecular complexity index is 1670. The topological polar surface area (TPSA) is 96.7 Å².